The van der Waals surface area contributed by atoms with E-state index < -0.39 is 0 Å². The molecule has 0 aliphatic heterocycles. The lowest BCUT2D eigenvalue weighted by Gasteiger charge is -2.19. The first-order valence-corrected chi connectivity index (χ1v) is 4.34. The minimum atomic E-state index is 0.0681. The Balaban J connectivity index is 4.11. The van der Waals surface area contributed by atoms with Gasteiger partial charge < -0.3 is 5.32 Å². The second-order valence-electron chi connectivity index (χ2n) is 4.00. The molecule has 0 atom stereocenters. The van der Waals surface area contributed by atoms with Crippen molar-refractivity contribution >= 4 is 5.91 Å². The Morgan fingerprint density at radius 1 is 1.42 bits per heavy atom. The van der Waals surface area contributed by atoms with Crippen LogP contribution in [0.25, 0.3) is 0 Å². The summed E-state index contributed by atoms with van der Waals surface area (Å²) < 4.78 is 0. The maximum Gasteiger partial charge on any atom is 0.223 e. The third-order valence-corrected chi connectivity index (χ3v) is 1.95. The molecule has 0 aromatic heterocycles. The zero-order valence-electron chi connectivity index (χ0n) is 8.69. The predicted octanol–water partition coefficient (Wildman–Crippen LogP) is 2.46. The number of carbonyl (C=O) groups excluding carboxylic acids is 1. The van der Waals surface area contributed by atoms with Crippen molar-refractivity contribution in [3.8, 4) is 0 Å². The van der Waals surface area contributed by atoms with Crippen molar-refractivity contribution < 1.29 is 4.79 Å². The fourth-order valence-corrected chi connectivity index (χ4v) is 0.507. The molecule has 0 fully saturated rings. The van der Waals surface area contributed by atoms with Gasteiger partial charge in [0.1, 0.15) is 0 Å². The maximum atomic E-state index is 10.9. The smallest absolute Gasteiger partial charge is 0.223 e. The molecule has 2 nitrogen and oxygen atoms in total. The van der Waals surface area contributed by atoms with Gasteiger partial charge in [0, 0.05) is 12.6 Å². The van der Waals surface area contributed by atoms with E-state index in [4.69, 9.17) is 0 Å². The number of nitrogens with one attached hydrogen (secondary N) is 1. The van der Waals surface area contributed by atoms with Gasteiger partial charge in [-0.05, 0) is 12.3 Å². The van der Waals surface area contributed by atoms with E-state index in [1.54, 1.807) is 6.20 Å². The lowest BCUT2D eigenvalue weighted by Crippen LogP contribution is -2.18. The number of hydrogen-bond acceptors (Lipinski definition) is 1. The van der Waals surface area contributed by atoms with Crippen molar-refractivity contribution in [2.45, 2.75) is 41.0 Å². The van der Waals surface area contributed by atoms with Crippen molar-refractivity contribution in [3.05, 3.63) is 11.8 Å². The fraction of sp³-hybridized carbons (Fsp3) is 0.700. The van der Waals surface area contributed by atoms with E-state index in [1.165, 1.54) is 5.57 Å². The van der Waals surface area contributed by atoms with Gasteiger partial charge in [-0.2, -0.15) is 0 Å². The summed E-state index contributed by atoms with van der Waals surface area (Å²) in [5, 5.41) is 2.74. The Labute approximate surface area is 75.0 Å². The average Bonchev–Trinajstić information content (AvgIpc) is 1.97. The van der Waals surface area contributed by atoms with Crippen LogP contribution >= 0.6 is 0 Å². The van der Waals surface area contributed by atoms with E-state index in [0.29, 0.717) is 6.42 Å². The molecule has 0 aromatic carbocycles. The molecule has 0 saturated heterocycles. The molecule has 0 radical (unpaired) electrons. The third-order valence-electron chi connectivity index (χ3n) is 1.95. The molecule has 2 heteroatoms. The molecule has 0 spiro atoms. The molecule has 0 aromatic rings. The van der Waals surface area contributed by atoms with Gasteiger partial charge in [-0.25, -0.2) is 0 Å². The summed E-state index contributed by atoms with van der Waals surface area (Å²) in [5.41, 5.74) is 1.32. The number of hydrogen-bond donors (Lipinski definition) is 1. The zero-order valence-corrected chi connectivity index (χ0v) is 8.69. The Hall–Kier alpha value is -0.790. The van der Waals surface area contributed by atoms with Crippen LogP contribution in [-0.2, 0) is 4.79 Å². The van der Waals surface area contributed by atoms with Crippen LogP contribution in [0.1, 0.15) is 41.0 Å². The molecule has 0 heterocycles. The van der Waals surface area contributed by atoms with Gasteiger partial charge in [-0.1, -0.05) is 33.3 Å². The van der Waals surface area contributed by atoms with Gasteiger partial charge in [0.25, 0.3) is 0 Å². The van der Waals surface area contributed by atoms with Gasteiger partial charge >= 0.3 is 0 Å². The van der Waals surface area contributed by atoms with Gasteiger partial charge in [-0.15, -0.1) is 0 Å². The van der Waals surface area contributed by atoms with E-state index in [9.17, 15) is 4.79 Å². The van der Waals surface area contributed by atoms with Crippen LogP contribution in [0.5, 0.6) is 0 Å². The van der Waals surface area contributed by atoms with E-state index in [1.807, 2.05) is 13.8 Å². The summed E-state index contributed by atoms with van der Waals surface area (Å²) in [6.07, 6.45) is 2.33. The van der Waals surface area contributed by atoms with E-state index >= 15 is 0 Å². The quantitative estimate of drug-likeness (QED) is 0.676. The SMILES string of the molecule is CCC(=O)N/C=C(\C)C(C)(C)C. The topological polar surface area (TPSA) is 29.1 Å². The molecule has 1 N–H and O–H groups in total. The van der Waals surface area contributed by atoms with Crippen LogP contribution in [0.3, 0.4) is 0 Å². The summed E-state index contributed by atoms with van der Waals surface area (Å²) in [4.78, 5) is 10.9. The molecule has 12 heavy (non-hydrogen) atoms. The van der Waals surface area contributed by atoms with Crippen LogP contribution in [0.4, 0.5) is 0 Å². The predicted molar refractivity (Wildman–Crippen MR) is 51.6 cm³/mol. The molecular weight excluding hydrogens is 150 g/mol. The highest BCUT2D eigenvalue weighted by atomic mass is 16.1. The lowest BCUT2D eigenvalue weighted by molar-refractivity contribution is -0.119. The Kier molecular flexibility index (Phi) is 4.01. The van der Waals surface area contributed by atoms with Crippen LogP contribution < -0.4 is 5.32 Å². The van der Waals surface area contributed by atoms with E-state index in [-0.39, 0.29) is 11.3 Å². The highest BCUT2D eigenvalue weighted by molar-refractivity contribution is 5.76. The monoisotopic (exact) mass is 169 g/mol. The van der Waals surface area contributed by atoms with Crippen molar-refractivity contribution in [1.29, 1.82) is 0 Å². The summed E-state index contributed by atoms with van der Waals surface area (Å²) in [7, 11) is 0. The molecule has 70 valence electrons. The van der Waals surface area contributed by atoms with Gasteiger partial charge in [-0.3, -0.25) is 4.79 Å². The van der Waals surface area contributed by atoms with Gasteiger partial charge in [0.2, 0.25) is 5.91 Å². The fourth-order valence-electron chi connectivity index (χ4n) is 0.507. The summed E-state index contributed by atoms with van der Waals surface area (Å²) in [6.45, 7) is 10.2. The second kappa shape index (κ2) is 4.29. The Morgan fingerprint density at radius 3 is 2.25 bits per heavy atom. The molecule has 0 unspecified atom stereocenters. The number of rotatable bonds is 2. The number of carbonyl (C=O) groups is 1. The van der Waals surface area contributed by atoms with Crippen molar-refractivity contribution in [3.63, 3.8) is 0 Å². The van der Waals surface area contributed by atoms with Gasteiger partial charge in [0.05, 0.1) is 0 Å². The van der Waals surface area contributed by atoms with E-state index in [2.05, 4.69) is 26.1 Å². The van der Waals surface area contributed by atoms with Crippen LogP contribution in [0.15, 0.2) is 11.8 Å². The van der Waals surface area contributed by atoms with Crippen molar-refractivity contribution in [1.82, 2.24) is 5.32 Å². The third kappa shape index (κ3) is 4.16. The van der Waals surface area contributed by atoms with Crippen LogP contribution in [-0.4, -0.2) is 5.91 Å². The zero-order chi connectivity index (χ0) is 9.78. The van der Waals surface area contributed by atoms with Crippen LogP contribution in [0.2, 0.25) is 0 Å². The Bertz CT molecular complexity index is 187. The highest BCUT2D eigenvalue weighted by Gasteiger charge is 2.11. The maximum absolute atomic E-state index is 10.9. The molecule has 0 rings (SSSR count). The minimum Gasteiger partial charge on any atom is -0.333 e. The first-order chi connectivity index (χ1) is 5.38. The first-order valence-electron chi connectivity index (χ1n) is 4.34. The van der Waals surface area contributed by atoms with Gasteiger partial charge in [0.15, 0.2) is 0 Å². The Morgan fingerprint density at radius 2 is 1.92 bits per heavy atom. The average molecular weight is 169 g/mol. The minimum absolute atomic E-state index is 0.0681. The summed E-state index contributed by atoms with van der Waals surface area (Å²) in [6, 6.07) is 0. The number of amides is 1. The number of allylic oxidation sites excluding steroid dienone is 1. The summed E-state index contributed by atoms with van der Waals surface area (Å²) in [5.74, 6) is 0.0681. The lowest BCUT2D eigenvalue weighted by atomic mass is 9.88. The van der Waals surface area contributed by atoms with Crippen molar-refractivity contribution in [2.24, 2.45) is 5.41 Å². The molecule has 0 aliphatic carbocycles. The molecule has 1 amide bonds. The standard InChI is InChI=1S/C10H19NO/c1-6-9(12)11-7-8(2)10(3,4)5/h7H,6H2,1-5H3,(H,11,12)/b8-7+. The molecule has 0 saturated carbocycles. The molecule has 0 bridgehead atoms. The highest BCUT2D eigenvalue weighted by Crippen LogP contribution is 2.23. The van der Waals surface area contributed by atoms with E-state index in [0.717, 1.165) is 0 Å². The van der Waals surface area contributed by atoms with Crippen LogP contribution in [0, 0.1) is 5.41 Å². The normalized spacial score (nSPS) is 12.9. The largest absolute Gasteiger partial charge is 0.333 e. The molecular formula is C10H19NO. The first kappa shape index (κ1) is 11.2. The molecule has 0 aliphatic rings. The summed E-state index contributed by atoms with van der Waals surface area (Å²) >= 11 is 0. The van der Waals surface area contributed by atoms with Crippen molar-refractivity contribution in [2.75, 3.05) is 0 Å². The second-order valence-corrected chi connectivity index (χ2v) is 4.00.